The summed E-state index contributed by atoms with van der Waals surface area (Å²) in [6.07, 6.45) is 3.93. The molecule has 0 heterocycles. The minimum atomic E-state index is -0.386. The Bertz CT molecular complexity index is 748. The minimum Gasteiger partial charge on any atom is -0.352 e. The van der Waals surface area contributed by atoms with Crippen molar-refractivity contribution in [2.75, 3.05) is 6.54 Å². The molecular weight excluding hydrogens is 333 g/mol. The van der Waals surface area contributed by atoms with Crippen LogP contribution in [0.25, 0.3) is 0 Å². The van der Waals surface area contributed by atoms with E-state index in [9.17, 15) is 14.0 Å². The third kappa shape index (κ3) is 6.84. The first kappa shape index (κ1) is 19.3. The van der Waals surface area contributed by atoms with Gasteiger partial charge in [0.2, 0.25) is 5.91 Å². The highest BCUT2D eigenvalue weighted by Crippen LogP contribution is 2.03. The van der Waals surface area contributed by atoms with Gasteiger partial charge >= 0.3 is 0 Å². The van der Waals surface area contributed by atoms with Crippen molar-refractivity contribution in [2.24, 2.45) is 5.10 Å². The Balaban J connectivity index is 1.55. The van der Waals surface area contributed by atoms with Crippen molar-refractivity contribution in [1.82, 2.24) is 10.7 Å². The Kier molecular flexibility index (Phi) is 7.99. The predicted molar refractivity (Wildman–Crippen MR) is 99.4 cm³/mol. The lowest BCUT2D eigenvalue weighted by Crippen LogP contribution is -2.24. The van der Waals surface area contributed by atoms with Crippen LogP contribution in [0.15, 0.2) is 59.7 Å². The summed E-state index contributed by atoms with van der Waals surface area (Å²) in [7, 11) is 0. The largest absolute Gasteiger partial charge is 0.352 e. The van der Waals surface area contributed by atoms with Gasteiger partial charge in [-0.3, -0.25) is 9.59 Å². The molecule has 0 atom stereocenters. The summed E-state index contributed by atoms with van der Waals surface area (Å²) in [5.41, 5.74) is 3.34. The third-order valence-corrected chi connectivity index (χ3v) is 3.70. The predicted octanol–water partition coefficient (Wildman–Crippen LogP) is 3.27. The fourth-order valence-electron chi connectivity index (χ4n) is 2.29. The SMILES string of the molecule is O=C(CCCCCNC(=O)c1ccccc1)N/N=C\c1ccccc1F. The number of halogens is 1. The van der Waals surface area contributed by atoms with Crippen molar-refractivity contribution >= 4 is 18.0 Å². The van der Waals surface area contributed by atoms with Gasteiger partial charge in [0.05, 0.1) is 6.21 Å². The molecule has 6 heteroatoms. The standard InChI is InChI=1S/C20H22FN3O2/c21-18-12-7-6-11-17(18)15-23-24-19(25)13-5-2-8-14-22-20(26)16-9-3-1-4-10-16/h1,3-4,6-7,9-12,15H,2,5,8,13-14H2,(H,22,26)(H,24,25)/b23-15-. The second kappa shape index (κ2) is 10.8. The lowest BCUT2D eigenvalue weighted by molar-refractivity contribution is -0.121. The van der Waals surface area contributed by atoms with Gasteiger partial charge in [0.1, 0.15) is 5.82 Å². The second-order valence-electron chi connectivity index (χ2n) is 5.75. The number of nitrogens with zero attached hydrogens (tertiary/aromatic N) is 1. The Morgan fingerprint density at radius 3 is 2.46 bits per heavy atom. The molecule has 2 rings (SSSR count). The second-order valence-corrected chi connectivity index (χ2v) is 5.75. The first-order valence-corrected chi connectivity index (χ1v) is 8.56. The van der Waals surface area contributed by atoms with E-state index in [1.165, 1.54) is 12.3 Å². The van der Waals surface area contributed by atoms with Crippen molar-refractivity contribution < 1.29 is 14.0 Å². The fraction of sp³-hybridized carbons (Fsp3) is 0.250. The highest BCUT2D eigenvalue weighted by molar-refractivity contribution is 5.94. The zero-order chi connectivity index (χ0) is 18.6. The maximum Gasteiger partial charge on any atom is 0.251 e. The molecule has 2 amide bonds. The molecule has 0 aliphatic heterocycles. The minimum absolute atomic E-state index is 0.0918. The van der Waals surface area contributed by atoms with E-state index in [1.54, 1.807) is 30.3 Å². The lowest BCUT2D eigenvalue weighted by Gasteiger charge is -2.05. The number of carbonyl (C=O) groups excluding carboxylic acids is 2. The van der Waals surface area contributed by atoms with Crippen LogP contribution in [0.4, 0.5) is 4.39 Å². The topological polar surface area (TPSA) is 70.6 Å². The van der Waals surface area contributed by atoms with Crippen molar-refractivity contribution in [2.45, 2.75) is 25.7 Å². The van der Waals surface area contributed by atoms with Crippen molar-refractivity contribution in [1.29, 1.82) is 0 Å². The van der Waals surface area contributed by atoms with Crippen molar-refractivity contribution in [3.05, 3.63) is 71.5 Å². The van der Waals surface area contributed by atoms with E-state index in [2.05, 4.69) is 15.8 Å². The van der Waals surface area contributed by atoms with E-state index >= 15 is 0 Å². The molecule has 0 unspecified atom stereocenters. The number of nitrogens with one attached hydrogen (secondary N) is 2. The van der Waals surface area contributed by atoms with Gasteiger partial charge in [-0.15, -0.1) is 0 Å². The van der Waals surface area contributed by atoms with Gasteiger partial charge in [-0.25, -0.2) is 9.82 Å². The first-order valence-electron chi connectivity index (χ1n) is 8.56. The van der Waals surface area contributed by atoms with E-state index in [4.69, 9.17) is 0 Å². The van der Waals surface area contributed by atoms with Gasteiger partial charge in [0, 0.05) is 24.1 Å². The molecule has 0 bridgehead atoms. The van der Waals surface area contributed by atoms with Crippen LogP contribution in [0.3, 0.4) is 0 Å². The van der Waals surface area contributed by atoms with Crippen molar-refractivity contribution in [3.63, 3.8) is 0 Å². The summed E-state index contributed by atoms with van der Waals surface area (Å²) in [6.45, 7) is 0.570. The molecule has 2 aromatic carbocycles. The zero-order valence-electron chi connectivity index (χ0n) is 14.5. The number of rotatable bonds is 9. The molecule has 0 aliphatic rings. The lowest BCUT2D eigenvalue weighted by atomic mass is 10.2. The van der Waals surface area contributed by atoms with Crippen molar-refractivity contribution in [3.8, 4) is 0 Å². The number of benzene rings is 2. The van der Waals surface area contributed by atoms with Gasteiger partial charge in [-0.1, -0.05) is 42.8 Å². The first-order chi connectivity index (χ1) is 12.7. The van der Waals surface area contributed by atoms with Crippen LogP contribution < -0.4 is 10.7 Å². The number of hydrazone groups is 1. The van der Waals surface area contributed by atoms with E-state index < -0.39 is 0 Å². The van der Waals surface area contributed by atoms with Gasteiger partial charge in [0.25, 0.3) is 5.91 Å². The van der Waals surface area contributed by atoms with Crippen LogP contribution in [0.1, 0.15) is 41.6 Å². The summed E-state index contributed by atoms with van der Waals surface area (Å²) in [4.78, 5) is 23.5. The van der Waals surface area contributed by atoms with Crippen LogP contribution in [0, 0.1) is 5.82 Å². The molecule has 2 aromatic rings. The van der Waals surface area contributed by atoms with Crippen LogP contribution in [0.5, 0.6) is 0 Å². The molecule has 0 aromatic heterocycles. The summed E-state index contributed by atoms with van der Waals surface area (Å²) >= 11 is 0. The highest BCUT2D eigenvalue weighted by atomic mass is 19.1. The third-order valence-electron chi connectivity index (χ3n) is 3.70. The van der Waals surface area contributed by atoms with Gasteiger partial charge < -0.3 is 5.32 Å². The van der Waals surface area contributed by atoms with E-state index in [0.29, 0.717) is 30.5 Å². The molecule has 0 fully saturated rings. The smallest absolute Gasteiger partial charge is 0.251 e. The van der Waals surface area contributed by atoms with Crippen LogP contribution in [0.2, 0.25) is 0 Å². The normalized spacial score (nSPS) is 10.7. The Morgan fingerprint density at radius 1 is 0.962 bits per heavy atom. The summed E-state index contributed by atoms with van der Waals surface area (Å²) < 4.78 is 13.4. The highest BCUT2D eigenvalue weighted by Gasteiger charge is 2.03. The molecule has 136 valence electrons. The molecule has 0 saturated heterocycles. The quantitative estimate of drug-likeness (QED) is 0.412. The molecule has 0 saturated carbocycles. The average molecular weight is 355 g/mol. The van der Waals surface area contributed by atoms with E-state index in [-0.39, 0.29) is 17.6 Å². The van der Waals surface area contributed by atoms with E-state index in [0.717, 1.165) is 12.8 Å². The maximum absolute atomic E-state index is 13.4. The molecule has 26 heavy (non-hydrogen) atoms. The van der Waals surface area contributed by atoms with Gasteiger partial charge in [-0.2, -0.15) is 5.10 Å². The van der Waals surface area contributed by atoms with Gasteiger partial charge in [0.15, 0.2) is 0 Å². The molecule has 2 N–H and O–H groups in total. The Labute approximate surface area is 152 Å². The van der Waals surface area contributed by atoms with Crippen LogP contribution in [-0.4, -0.2) is 24.6 Å². The number of amides is 2. The number of unbranched alkanes of at least 4 members (excludes halogenated alkanes) is 2. The fourth-order valence-corrected chi connectivity index (χ4v) is 2.29. The number of hydrogen-bond donors (Lipinski definition) is 2. The molecular formula is C20H22FN3O2. The Hall–Kier alpha value is -3.02. The molecule has 0 radical (unpaired) electrons. The Morgan fingerprint density at radius 2 is 1.69 bits per heavy atom. The monoisotopic (exact) mass is 355 g/mol. The summed E-state index contributed by atoms with van der Waals surface area (Å²) in [5, 5.41) is 6.60. The van der Waals surface area contributed by atoms with Crippen LogP contribution >= 0.6 is 0 Å². The summed E-state index contributed by atoms with van der Waals surface area (Å²) in [6, 6.07) is 15.2. The maximum atomic E-state index is 13.4. The van der Waals surface area contributed by atoms with Gasteiger partial charge in [-0.05, 0) is 31.0 Å². The average Bonchev–Trinajstić information content (AvgIpc) is 2.66. The summed E-state index contributed by atoms with van der Waals surface area (Å²) in [5.74, 6) is -0.695. The molecule has 5 nitrogen and oxygen atoms in total. The van der Waals surface area contributed by atoms with Crippen LogP contribution in [-0.2, 0) is 4.79 Å². The van der Waals surface area contributed by atoms with E-state index in [1.807, 2.05) is 18.2 Å². The molecule has 0 aliphatic carbocycles. The number of carbonyl (C=O) groups is 2. The number of hydrogen-bond acceptors (Lipinski definition) is 3. The molecule has 0 spiro atoms. The zero-order valence-corrected chi connectivity index (χ0v) is 14.5.